The first-order valence-electron chi connectivity index (χ1n) is 8.17. The van der Waals surface area contributed by atoms with Crippen molar-refractivity contribution in [3.8, 4) is 0 Å². The number of allylic oxidation sites excluding steroid dienone is 1. The van der Waals surface area contributed by atoms with Crippen LogP contribution >= 0.6 is 0 Å². The second-order valence-electron chi connectivity index (χ2n) is 6.43. The predicted octanol–water partition coefficient (Wildman–Crippen LogP) is 6.36. The molecule has 1 aliphatic rings. The SMILES string of the molecule is C=CCC[C@H]1CC[C@H](c2ccc3c(F)c(F)ccc3c2)CC1. The minimum absolute atomic E-state index is 0.378. The Kier molecular flexibility index (Phi) is 4.56. The van der Waals surface area contributed by atoms with Crippen molar-refractivity contribution in [3.63, 3.8) is 0 Å². The van der Waals surface area contributed by atoms with Gasteiger partial charge in [0.15, 0.2) is 11.6 Å². The van der Waals surface area contributed by atoms with Crippen LogP contribution in [-0.4, -0.2) is 0 Å². The Morgan fingerprint density at radius 1 is 1.05 bits per heavy atom. The first-order valence-corrected chi connectivity index (χ1v) is 8.17. The maximum absolute atomic E-state index is 13.8. The highest BCUT2D eigenvalue weighted by Gasteiger charge is 2.22. The third-order valence-corrected chi connectivity index (χ3v) is 5.03. The first kappa shape index (κ1) is 15.2. The van der Waals surface area contributed by atoms with Gasteiger partial charge in [0, 0.05) is 5.39 Å². The summed E-state index contributed by atoms with van der Waals surface area (Å²) < 4.78 is 27.0. The number of hydrogen-bond acceptors (Lipinski definition) is 0. The summed E-state index contributed by atoms with van der Waals surface area (Å²) in [5, 5.41) is 1.17. The fraction of sp³-hybridized carbons (Fsp3) is 0.400. The molecule has 0 spiro atoms. The number of halogens is 2. The highest BCUT2D eigenvalue weighted by atomic mass is 19.2. The van der Waals surface area contributed by atoms with Gasteiger partial charge in [-0.05, 0) is 67.4 Å². The minimum atomic E-state index is -0.775. The summed E-state index contributed by atoms with van der Waals surface area (Å²) in [5.74, 6) is -0.140. The Morgan fingerprint density at radius 3 is 2.55 bits per heavy atom. The van der Waals surface area contributed by atoms with E-state index in [-0.39, 0.29) is 0 Å². The van der Waals surface area contributed by atoms with Crippen molar-refractivity contribution in [2.24, 2.45) is 5.92 Å². The van der Waals surface area contributed by atoms with E-state index >= 15 is 0 Å². The van der Waals surface area contributed by atoms with Crippen LogP contribution in [0.2, 0.25) is 0 Å². The highest BCUT2D eigenvalue weighted by Crippen LogP contribution is 2.38. The third kappa shape index (κ3) is 3.06. The van der Waals surface area contributed by atoms with Crippen LogP contribution in [0.1, 0.15) is 50.0 Å². The maximum atomic E-state index is 13.8. The zero-order valence-corrected chi connectivity index (χ0v) is 12.8. The van der Waals surface area contributed by atoms with Crippen LogP contribution in [0.3, 0.4) is 0 Å². The molecule has 0 unspecified atom stereocenters. The van der Waals surface area contributed by atoms with E-state index in [9.17, 15) is 8.78 Å². The molecule has 0 aromatic heterocycles. The number of fused-ring (bicyclic) bond motifs is 1. The lowest BCUT2D eigenvalue weighted by Crippen LogP contribution is -2.13. The molecule has 0 atom stereocenters. The molecule has 2 aromatic carbocycles. The molecule has 1 aliphatic carbocycles. The van der Waals surface area contributed by atoms with Gasteiger partial charge in [0.25, 0.3) is 0 Å². The Morgan fingerprint density at radius 2 is 1.82 bits per heavy atom. The van der Waals surface area contributed by atoms with E-state index in [4.69, 9.17) is 0 Å². The summed E-state index contributed by atoms with van der Waals surface area (Å²) in [7, 11) is 0. The molecule has 2 heteroatoms. The predicted molar refractivity (Wildman–Crippen MR) is 88.0 cm³/mol. The zero-order chi connectivity index (χ0) is 15.5. The second-order valence-corrected chi connectivity index (χ2v) is 6.43. The van der Waals surface area contributed by atoms with E-state index in [0.717, 1.165) is 17.7 Å². The molecule has 0 bridgehead atoms. The molecule has 22 heavy (non-hydrogen) atoms. The number of rotatable bonds is 4. The van der Waals surface area contributed by atoms with Gasteiger partial charge in [-0.2, -0.15) is 0 Å². The van der Waals surface area contributed by atoms with E-state index in [2.05, 4.69) is 6.58 Å². The topological polar surface area (TPSA) is 0 Å². The average Bonchev–Trinajstić information content (AvgIpc) is 2.56. The first-order chi connectivity index (χ1) is 10.7. The maximum Gasteiger partial charge on any atom is 0.166 e. The van der Waals surface area contributed by atoms with Crippen LogP contribution < -0.4 is 0 Å². The van der Waals surface area contributed by atoms with E-state index in [1.807, 2.05) is 18.2 Å². The van der Waals surface area contributed by atoms with Crippen molar-refractivity contribution in [1.29, 1.82) is 0 Å². The molecule has 3 rings (SSSR count). The van der Waals surface area contributed by atoms with Crippen molar-refractivity contribution in [1.82, 2.24) is 0 Å². The highest BCUT2D eigenvalue weighted by molar-refractivity contribution is 5.84. The number of hydrogen-bond donors (Lipinski definition) is 0. The Hall–Kier alpha value is -1.70. The van der Waals surface area contributed by atoms with Crippen LogP contribution in [0.5, 0.6) is 0 Å². The Labute approximate surface area is 130 Å². The lowest BCUT2D eigenvalue weighted by molar-refractivity contribution is 0.312. The fourth-order valence-electron chi connectivity index (χ4n) is 3.68. The average molecular weight is 300 g/mol. The van der Waals surface area contributed by atoms with Crippen molar-refractivity contribution >= 4 is 10.8 Å². The molecule has 0 radical (unpaired) electrons. The molecule has 0 amide bonds. The summed E-state index contributed by atoms with van der Waals surface area (Å²) in [6.07, 6.45) is 9.26. The molecular formula is C20H22F2. The van der Waals surface area contributed by atoms with Crippen LogP contribution in [0.4, 0.5) is 8.78 Å². The molecular weight excluding hydrogens is 278 g/mol. The summed E-state index contributed by atoms with van der Waals surface area (Å²) in [6.45, 7) is 3.79. The number of benzene rings is 2. The molecule has 0 heterocycles. The molecule has 1 saturated carbocycles. The van der Waals surface area contributed by atoms with E-state index in [0.29, 0.717) is 11.3 Å². The Bertz CT molecular complexity index is 667. The van der Waals surface area contributed by atoms with Gasteiger partial charge in [-0.15, -0.1) is 6.58 Å². The van der Waals surface area contributed by atoms with Crippen molar-refractivity contribution < 1.29 is 8.78 Å². The van der Waals surface area contributed by atoms with Gasteiger partial charge in [0.2, 0.25) is 0 Å². The molecule has 0 nitrogen and oxygen atoms in total. The fourth-order valence-corrected chi connectivity index (χ4v) is 3.68. The van der Waals surface area contributed by atoms with Gasteiger partial charge in [-0.3, -0.25) is 0 Å². The van der Waals surface area contributed by atoms with Crippen LogP contribution in [0, 0.1) is 17.6 Å². The van der Waals surface area contributed by atoms with E-state index in [1.54, 1.807) is 12.1 Å². The lowest BCUT2D eigenvalue weighted by Gasteiger charge is -2.28. The summed E-state index contributed by atoms with van der Waals surface area (Å²) in [5.41, 5.74) is 1.26. The smallest absolute Gasteiger partial charge is 0.166 e. The van der Waals surface area contributed by atoms with Gasteiger partial charge in [-0.1, -0.05) is 30.3 Å². The standard InChI is InChI=1S/C20H22F2/c1-2-3-4-14-5-7-15(8-6-14)16-9-11-18-17(13-16)10-12-19(21)20(18)22/h2,9-15H,1,3-8H2/t14-,15-. The largest absolute Gasteiger partial charge is 0.204 e. The monoisotopic (exact) mass is 300 g/mol. The zero-order valence-electron chi connectivity index (χ0n) is 12.8. The minimum Gasteiger partial charge on any atom is -0.204 e. The third-order valence-electron chi connectivity index (χ3n) is 5.03. The van der Waals surface area contributed by atoms with Gasteiger partial charge in [0.05, 0.1) is 0 Å². The molecule has 1 fully saturated rings. The van der Waals surface area contributed by atoms with Crippen LogP contribution in [-0.2, 0) is 0 Å². The van der Waals surface area contributed by atoms with E-state index < -0.39 is 11.6 Å². The molecule has 2 aromatic rings. The van der Waals surface area contributed by atoms with Crippen LogP contribution in [0.25, 0.3) is 10.8 Å². The van der Waals surface area contributed by atoms with E-state index in [1.165, 1.54) is 43.7 Å². The van der Waals surface area contributed by atoms with Crippen molar-refractivity contribution in [2.45, 2.75) is 44.4 Å². The van der Waals surface area contributed by atoms with Crippen LogP contribution in [0.15, 0.2) is 43.0 Å². The normalized spacial score (nSPS) is 21.9. The summed E-state index contributed by atoms with van der Waals surface area (Å²) in [6, 6.07) is 8.62. The molecule has 116 valence electrons. The van der Waals surface area contributed by atoms with Gasteiger partial charge >= 0.3 is 0 Å². The summed E-state index contributed by atoms with van der Waals surface area (Å²) >= 11 is 0. The lowest BCUT2D eigenvalue weighted by atomic mass is 9.77. The summed E-state index contributed by atoms with van der Waals surface area (Å²) in [4.78, 5) is 0. The quantitative estimate of drug-likeness (QED) is 0.576. The van der Waals surface area contributed by atoms with Crippen molar-refractivity contribution in [2.75, 3.05) is 0 Å². The van der Waals surface area contributed by atoms with Gasteiger partial charge in [0.1, 0.15) is 0 Å². The molecule has 0 N–H and O–H groups in total. The van der Waals surface area contributed by atoms with Gasteiger partial charge in [-0.25, -0.2) is 8.78 Å². The second kappa shape index (κ2) is 6.60. The molecule has 0 saturated heterocycles. The Balaban J connectivity index is 1.75. The van der Waals surface area contributed by atoms with Crippen molar-refractivity contribution in [3.05, 3.63) is 60.2 Å². The molecule has 0 aliphatic heterocycles. The van der Waals surface area contributed by atoms with Gasteiger partial charge < -0.3 is 0 Å².